The summed E-state index contributed by atoms with van der Waals surface area (Å²) in [5.74, 6) is 1.90. The zero-order valence-corrected chi connectivity index (χ0v) is 13.6. The van der Waals surface area contributed by atoms with Gasteiger partial charge in [-0.3, -0.25) is 0 Å². The molecule has 0 N–H and O–H groups in total. The lowest BCUT2D eigenvalue weighted by Crippen LogP contribution is -2.36. The first-order valence-corrected chi connectivity index (χ1v) is 8.64. The monoisotopic (exact) mass is 297 g/mol. The van der Waals surface area contributed by atoms with Crippen LogP contribution in [-0.4, -0.2) is 34.1 Å². The van der Waals surface area contributed by atoms with Crippen molar-refractivity contribution in [1.82, 2.24) is 14.5 Å². The number of piperidine rings is 1. The van der Waals surface area contributed by atoms with Gasteiger partial charge < -0.3 is 9.47 Å². The van der Waals surface area contributed by atoms with Crippen LogP contribution >= 0.6 is 0 Å². The first-order valence-electron chi connectivity index (χ1n) is 8.64. The van der Waals surface area contributed by atoms with Crippen LogP contribution in [0.5, 0.6) is 0 Å². The number of benzene rings is 1. The molecule has 0 saturated carbocycles. The van der Waals surface area contributed by atoms with Gasteiger partial charge >= 0.3 is 0 Å². The van der Waals surface area contributed by atoms with E-state index in [0.29, 0.717) is 5.92 Å². The highest BCUT2D eigenvalue weighted by Crippen LogP contribution is 2.26. The lowest BCUT2D eigenvalue weighted by atomic mass is 9.96. The van der Waals surface area contributed by atoms with E-state index < -0.39 is 0 Å². The molecule has 0 radical (unpaired) electrons. The van der Waals surface area contributed by atoms with Crippen LogP contribution in [0.4, 0.5) is 0 Å². The van der Waals surface area contributed by atoms with Gasteiger partial charge in [-0.25, -0.2) is 4.98 Å². The van der Waals surface area contributed by atoms with Crippen molar-refractivity contribution < 1.29 is 0 Å². The predicted octanol–water partition coefficient (Wildman–Crippen LogP) is 3.72. The predicted molar refractivity (Wildman–Crippen MR) is 91.1 cm³/mol. The maximum absolute atomic E-state index is 4.61. The molecule has 118 valence electrons. The first kappa shape index (κ1) is 15.3. The number of nitrogens with zero attached hydrogens (tertiary/aromatic N) is 3. The fraction of sp³-hybridized carbons (Fsp3) is 0.526. The molecule has 1 fully saturated rings. The van der Waals surface area contributed by atoms with Gasteiger partial charge in [0, 0.05) is 31.4 Å². The molecule has 3 nitrogen and oxygen atoms in total. The Bertz CT molecular complexity index is 561. The summed E-state index contributed by atoms with van der Waals surface area (Å²) in [5.41, 5.74) is 1.46. The molecule has 0 aliphatic carbocycles. The number of aryl methyl sites for hydroxylation is 2. The van der Waals surface area contributed by atoms with Gasteiger partial charge in [0.2, 0.25) is 0 Å². The minimum Gasteiger partial charge on any atom is -0.335 e. The van der Waals surface area contributed by atoms with Gasteiger partial charge in [0.1, 0.15) is 5.82 Å². The average Bonchev–Trinajstić information content (AvgIpc) is 3.05. The molecule has 2 aromatic rings. The summed E-state index contributed by atoms with van der Waals surface area (Å²) in [6, 6.07) is 10.8. The normalized spacial score (nSPS) is 19.4. The molecule has 3 heteroatoms. The zero-order chi connectivity index (χ0) is 15.2. The van der Waals surface area contributed by atoms with Gasteiger partial charge in [0.15, 0.2) is 0 Å². The highest BCUT2D eigenvalue weighted by molar-refractivity contribution is 5.14. The van der Waals surface area contributed by atoms with Crippen LogP contribution in [0.25, 0.3) is 0 Å². The Morgan fingerprint density at radius 3 is 2.91 bits per heavy atom. The highest BCUT2D eigenvalue weighted by Gasteiger charge is 2.23. The number of hydrogen-bond donors (Lipinski definition) is 0. The number of aromatic nitrogens is 2. The Morgan fingerprint density at radius 2 is 2.09 bits per heavy atom. The number of imidazole rings is 1. The molecule has 1 aromatic heterocycles. The zero-order valence-electron chi connectivity index (χ0n) is 13.6. The summed E-state index contributed by atoms with van der Waals surface area (Å²) >= 11 is 0. The van der Waals surface area contributed by atoms with E-state index in [2.05, 4.69) is 57.9 Å². The van der Waals surface area contributed by atoms with Gasteiger partial charge in [-0.05, 0) is 51.3 Å². The number of rotatable bonds is 6. The van der Waals surface area contributed by atoms with Crippen molar-refractivity contribution in [2.24, 2.45) is 0 Å². The third-order valence-electron chi connectivity index (χ3n) is 4.74. The van der Waals surface area contributed by atoms with Crippen molar-refractivity contribution in [1.29, 1.82) is 0 Å². The lowest BCUT2D eigenvalue weighted by molar-refractivity contribution is 0.200. The Kier molecular flexibility index (Phi) is 5.28. The van der Waals surface area contributed by atoms with E-state index in [1.807, 2.05) is 6.20 Å². The van der Waals surface area contributed by atoms with E-state index in [1.54, 1.807) is 0 Å². The van der Waals surface area contributed by atoms with E-state index in [9.17, 15) is 0 Å². The maximum Gasteiger partial charge on any atom is 0.113 e. The number of likely N-dealkylation sites (tertiary alicyclic amines) is 1. The van der Waals surface area contributed by atoms with Crippen molar-refractivity contribution in [3.05, 3.63) is 54.1 Å². The Labute approximate surface area is 134 Å². The van der Waals surface area contributed by atoms with E-state index in [-0.39, 0.29) is 0 Å². The average molecular weight is 297 g/mol. The SMILES string of the molecule is CCn1ccnc1[C@@H]1CCCN(CCCc2ccccc2)C1. The molecule has 0 unspecified atom stereocenters. The second kappa shape index (κ2) is 7.59. The molecule has 1 aliphatic rings. The summed E-state index contributed by atoms with van der Waals surface area (Å²) in [5, 5.41) is 0. The van der Waals surface area contributed by atoms with Gasteiger partial charge in [-0.2, -0.15) is 0 Å². The molecule has 1 aliphatic heterocycles. The fourth-order valence-electron chi connectivity index (χ4n) is 3.57. The van der Waals surface area contributed by atoms with Gasteiger partial charge in [0.25, 0.3) is 0 Å². The van der Waals surface area contributed by atoms with Crippen molar-refractivity contribution >= 4 is 0 Å². The van der Waals surface area contributed by atoms with E-state index in [4.69, 9.17) is 0 Å². The molecule has 22 heavy (non-hydrogen) atoms. The number of hydrogen-bond acceptors (Lipinski definition) is 2. The standard InChI is InChI=1S/C19H27N3/c1-2-22-15-12-20-19(22)18-11-7-14-21(16-18)13-6-10-17-8-4-3-5-9-17/h3-5,8-9,12,15,18H,2,6-7,10-11,13-14,16H2,1H3/t18-/m1/s1. The Hall–Kier alpha value is -1.61. The molecule has 1 aromatic carbocycles. The summed E-state index contributed by atoms with van der Waals surface area (Å²) < 4.78 is 2.30. The quantitative estimate of drug-likeness (QED) is 0.810. The largest absolute Gasteiger partial charge is 0.335 e. The van der Waals surface area contributed by atoms with Crippen molar-refractivity contribution in [3.8, 4) is 0 Å². The summed E-state index contributed by atoms with van der Waals surface area (Å²) in [6.07, 6.45) is 9.08. The van der Waals surface area contributed by atoms with Gasteiger partial charge in [-0.1, -0.05) is 30.3 Å². The summed E-state index contributed by atoms with van der Waals surface area (Å²) in [7, 11) is 0. The third-order valence-corrected chi connectivity index (χ3v) is 4.74. The summed E-state index contributed by atoms with van der Waals surface area (Å²) in [6.45, 7) is 6.85. The fourth-order valence-corrected chi connectivity index (χ4v) is 3.57. The van der Waals surface area contributed by atoms with E-state index in [1.165, 1.54) is 56.7 Å². The Morgan fingerprint density at radius 1 is 1.23 bits per heavy atom. The van der Waals surface area contributed by atoms with Crippen LogP contribution in [0.3, 0.4) is 0 Å². The van der Waals surface area contributed by atoms with Gasteiger partial charge in [-0.15, -0.1) is 0 Å². The molecule has 1 atom stereocenters. The van der Waals surface area contributed by atoms with Crippen LogP contribution in [-0.2, 0) is 13.0 Å². The van der Waals surface area contributed by atoms with Crippen molar-refractivity contribution in [2.75, 3.05) is 19.6 Å². The smallest absolute Gasteiger partial charge is 0.113 e. The van der Waals surface area contributed by atoms with E-state index in [0.717, 1.165) is 6.54 Å². The highest BCUT2D eigenvalue weighted by atomic mass is 15.1. The lowest BCUT2D eigenvalue weighted by Gasteiger charge is -2.32. The second-order valence-corrected chi connectivity index (χ2v) is 6.30. The molecule has 0 bridgehead atoms. The van der Waals surface area contributed by atoms with Crippen LogP contribution < -0.4 is 0 Å². The van der Waals surface area contributed by atoms with Crippen LogP contribution in [0.15, 0.2) is 42.7 Å². The van der Waals surface area contributed by atoms with Crippen LogP contribution in [0.2, 0.25) is 0 Å². The molecule has 3 rings (SSSR count). The first-order chi connectivity index (χ1) is 10.9. The molecular weight excluding hydrogens is 270 g/mol. The third kappa shape index (κ3) is 3.77. The van der Waals surface area contributed by atoms with Crippen molar-refractivity contribution in [2.45, 2.75) is 45.1 Å². The minimum absolute atomic E-state index is 0.612. The second-order valence-electron chi connectivity index (χ2n) is 6.30. The molecule has 1 saturated heterocycles. The molecule has 2 heterocycles. The molecular formula is C19H27N3. The van der Waals surface area contributed by atoms with E-state index >= 15 is 0 Å². The Balaban J connectivity index is 1.50. The van der Waals surface area contributed by atoms with Crippen LogP contribution in [0, 0.1) is 0 Å². The minimum atomic E-state index is 0.612. The van der Waals surface area contributed by atoms with Gasteiger partial charge in [0.05, 0.1) is 0 Å². The summed E-state index contributed by atoms with van der Waals surface area (Å²) in [4.78, 5) is 7.24. The van der Waals surface area contributed by atoms with Crippen LogP contribution in [0.1, 0.15) is 43.5 Å². The maximum atomic E-state index is 4.61. The van der Waals surface area contributed by atoms with Crippen molar-refractivity contribution in [3.63, 3.8) is 0 Å². The topological polar surface area (TPSA) is 21.1 Å². The molecule has 0 spiro atoms. The molecule has 0 amide bonds.